The number of nitrogens with zero attached hydrogens (tertiary/aromatic N) is 1. The monoisotopic (exact) mass is 439 g/mol. The van der Waals surface area contributed by atoms with Crippen LogP contribution >= 0.6 is 11.6 Å². The Labute approximate surface area is 184 Å². The fourth-order valence-corrected chi connectivity index (χ4v) is 3.84. The molecule has 6 nitrogen and oxygen atoms in total. The Bertz CT molecular complexity index is 1170. The Morgan fingerprint density at radius 3 is 2.68 bits per heavy atom. The molecule has 1 aliphatic rings. The van der Waals surface area contributed by atoms with Crippen molar-refractivity contribution in [3.05, 3.63) is 81.1 Å². The van der Waals surface area contributed by atoms with Crippen LogP contribution < -0.4 is 14.9 Å². The molecular weight excluding hydrogens is 418 g/mol. The average Bonchev–Trinajstić information content (AvgIpc) is 2.76. The number of aromatic carboxylic acids is 1. The Morgan fingerprint density at radius 1 is 1.19 bits per heavy atom. The Balaban J connectivity index is 1.83. The predicted octanol–water partition coefficient (Wildman–Crippen LogP) is 5.38. The molecule has 4 rings (SSSR count). The molecule has 0 bridgehead atoms. The van der Waals surface area contributed by atoms with Crippen LogP contribution in [0.4, 0.5) is 0 Å². The number of carbonyl (C=O) groups is 1. The minimum atomic E-state index is -1.29. The van der Waals surface area contributed by atoms with Crippen LogP contribution in [0, 0.1) is 0 Å². The maximum atomic E-state index is 12.4. The van der Waals surface area contributed by atoms with E-state index in [0.717, 1.165) is 24.8 Å². The van der Waals surface area contributed by atoms with E-state index < -0.39 is 17.6 Å². The standard InChI is InChI=1S/C24H22ClNO5/c1-2-3-7-10-30-22-13-21-16(11-18(22)25)19-12-20(27)17(24(28)29)14-26(19)23(31-21)15-8-5-4-6-9-15/h4-6,8-9,11-14,23H,2-3,7,10H2,1H3,(H,28,29). The van der Waals surface area contributed by atoms with Crippen LogP contribution in [0.5, 0.6) is 11.5 Å². The first kappa shape index (κ1) is 21.0. The number of ether oxygens (including phenoxy) is 2. The first-order valence-corrected chi connectivity index (χ1v) is 10.5. The van der Waals surface area contributed by atoms with Gasteiger partial charge in [-0.25, -0.2) is 4.79 Å². The van der Waals surface area contributed by atoms with Gasteiger partial charge in [0.2, 0.25) is 6.23 Å². The van der Waals surface area contributed by atoms with Gasteiger partial charge in [-0.05, 0) is 12.5 Å². The molecule has 0 saturated heterocycles. The summed E-state index contributed by atoms with van der Waals surface area (Å²) in [6.07, 6.45) is 3.76. The molecule has 0 fully saturated rings. The molecule has 0 saturated carbocycles. The van der Waals surface area contributed by atoms with Crippen molar-refractivity contribution < 1.29 is 19.4 Å². The lowest BCUT2D eigenvalue weighted by Crippen LogP contribution is -2.27. The smallest absolute Gasteiger partial charge is 0.341 e. The highest BCUT2D eigenvalue weighted by atomic mass is 35.5. The number of carboxylic acid groups (broad SMARTS) is 1. The van der Waals surface area contributed by atoms with Gasteiger partial charge >= 0.3 is 5.97 Å². The molecule has 2 aromatic carbocycles. The molecule has 0 amide bonds. The van der Waals surface area contributed by atoms with Crippen molar-refractivity contribution in [1.82, 2.24) is 4.57 Å². The van der Waals surface area contributed by atoms with E-state index in [9.17, 15) is 14.7 Å². The molecule has 160 valence electrons. The molecule has 1 unspecified atom stereocenters. The third-order valence-corrected chi connectivity index (χ3v) is 5.50. The van der Waals surface area contributed by atoms with Gasteiger partial charge in [-0.2, -0.15) is 0 Å². The van der Waals surface area contributed by atoms with E-state index in [-0.39, 0.29) is 5.56 Å². The molecule has 2 heterocycles. The summed E-state index contributed by atoms with van der Waals surface area (Å²) in [5.74, 6) is -0.251. The van der Waals surface area contributed by atoms with Gasteiger partial charge in [0.1, 0.15) is 17.1 Å². The molecule has 0 aliphatic carbocycles. The lowest BCUT2D eigenvalue weighted by Gasteiger charge is -2.32. The summed E-state index contributed by atoms with van der Waals surface area (Å²) in [6.45, 7) is 2.67. The number of rotatable bonds is 7. The van der Waals surface area contributed by atoms with Crippen molar-refractivity contribution in [2.45, 2.75) is 32.4 Å². The summed E-state index contributed by atoms with van der Waals surface area (Å²) in [4.78, 5) is 24.0. The van der Waals surface area contributed by atoms with E-state index in [1.807, 2.05) is 30.3 Å². The Morgan fingerprint density at radius 2 is 1.97 bits per heavy atom. The second-order valence-electron chi connectivity index (χ2n) is 7.36. The van der Waals surface area contributed by atoms with E-state index >= 15 is 0 Å². The summed E-state index contributed by atoms with van der Waals surface area (Å²) in [7, 11) is 0. The largest absolute Gasteiger partial charge is 0.492 e. The number of halogens is 1. The summed E-state index contributed by atoms with van der Waals surface area (Å²) in [6, 6.07) is 14.1. The van der Waals surface area contributed by atoms with Crippen molar-refractivity contribution in [3.8, 4) is 22.8 Å². The van der Waals surface area contributed by atoms with Crippen molar-refractivity contribution in [3.63, 3.8) is 0 Å². The summed E-state index contributed by atoms with van der Waals surface area (Å²) in [5.41, 5.74) is 1.06. The second kappa shape index (κ2) is 8.86. The number of unbranched alkanes of at least 4 members (excludes halogenated alkanes) is 2. The highest BCUT2D eigenvalue weighted by Crippen LogP contribution is 2.44. The molecule has 0 spiro atoms. The van der Waals surface area contributed by atoms with Crippen LogP contribution in [0.1, 0.15) is 48.3 Å². The summed E-state index contributed by atoms with van der Waals surface area (Å²) >= 11 is 6.45. The van der Waals surface area contributed by atoms with Gasteiger partial charge in [0, 0.05) is 29.5 Å². The van der Waals surface area contributed by atoms with E-state index in [1.165, 1.54) is 12.3 Å². The molecular formula is C24H22ClNO5. The fourth-order valence-electron chi connectivity index (χ4n) is 3.62. The van der Waals surface area contributed by atoms with E-state index in [2.05, 4.69) is 6.92 Å². The van der Waals surface area contributed by atoms with Gasteiger partial charge in [-0.3, -0.25) is 4.79 Å². The number of aromatic nitrogens is 1. The third kappa shape index (κ3) is 4.16. The molecule has 7 heteroatoms. The first-order valence-electron chi connectivity index (χ1n) is 10.2. The van der Waals surface area contributed by atoms with Crippen LogP contribution in [0.15, 0.2) is 59.5 Å². The van der Waals surface area contributed by atoms with Crippen molar-refractivity contribution in [2.75, 3.05) is 6.61 Å². The number of hydrogen-bond donors (Lipinski definition) is 1. The van der Waals surface area contributed by atoms with E-state index in [1.54, 1.807) is 16.7 Å². The SMILES string of the molecule is CCCCCOc1cc2c(cc1Cl)-c1cc(=O)c(C(=O)O)cn1C(c1ccccc1)O2. The van der Waals surface area contributed by atoms with Crippen LogP contribution in [0.2, 0.25) is 5.02 Å². The van der Waals surface area contributed by atoms with Gasteiger partial charge < -0.3 is 19.1 Å². The maximum Gasteiger partial charge on any atom is 0.341 e. The van der Waals surface area contributed by atoms with Crippen molar-refractivity contribution >= 4 is 17.6 Å². The van der Waals surface area contributed by atoms with Gasteiger partial charge in [-0.15, -0.1) is 0 Å². The van der Waals surface area contributed by atoms with E-state index in [4.69, 9.17) is 21.1 Å². The average molecular weight is 440 g/mol. The zero-order valence-electron chi connectivity index (χ0n) is 17.0. The molecule has 0 radical (unpaired) electrons. The normalized spacial score (nSPS) is 14.3. The zero-order chi connectivity index (χ0) is 22.0. The van der Waals surface area contributed by atoms with Gasteiger partial charge in [0.05, 0.1) is 17.3 Å². The minimum Gasteiger partial charge on any atom is -0.492 e. The van der Waals surface area contributed by atoms with Crippen molar-refractivity contribution in [1.29, 1.82) is 0 Å². The molecule has 31 heavy (non-hydrogen) atoms. The van der Waals surface area contributed by atoms with Gasteiger partial charge in [0.15, 0.2) is 5.43 Å². The number of fused-ring (bicyclic) bond motifs is 3. The lowest BCUT2D eigenvalue weighted by molar-refractivity contribution is 0.0693. The summed E-state index contributed by atoms with van der Waals surface area (Å²) < 4.78 is 13.8. The molecule has 1 aromatic heterocycles. The molecule has 3 aromatic rings. The highest BCUT2D eigenvalue weighted by molar-refractivity contribution is 6.32. The molecule has 1 N–H and O–H groups in total. The van der Waals surface area contributed by atoms with Crippen molar-refractivity contribution in [2.24, 2.45) is 0 Å². The van der Waals surface area contributed by atoms with Gasteiger partial charge in [0.25, 0.3) is 0 Å². The van der Waals surface area contributed by atoms with Crippen LogP contribution in [-0.4, -0.2) is 22.2 Å². The minimum absolute atomic E-state index is 0.321. The fraction of sp³-hybridized carbons (Fsp3) is 0.250. The Hall–Kier alpha value is -3.25. The number of carboxylic acids is 1. The predicted molar refractivity (Wildman–Crippen MR) is 118 cm³/mol. The Kier molecular flexibility index (Phi) is 6.00. The quantitative estimate of drug-likeness (QED) is 0.500. The highest BCUT2D eigenvalue weighted by Gasteiger charge is 2.29. The first-order chi connectivity index (χ1) is 15.0. The second-order valence-corrected chi connectivity index (χ2v) is 7.77. The lowest BCUT2D eigenvalue weighted by atomic mass is 10.0. The third-order valence-electron chi connectivity index (χ3n) is 5.20. The van der Waals surface area contributed by atoms with Crippen LogP contribution in [0.25, 0.3) is 11.3 Å². The molecule has 1 aliphatic heterocycles. The van der Waals surface area contributed by atoms with Crippen LogP contribution in [0.3, 0.4) is 0 Å². The zero-order valence-corrected chi connectivity index (χ0v) is 17.8. The maximum absolute atomic E-state index is 12.4. The topological polar surface area (TPSA) is 77.8 Å². The number of pyridine rings is 1. The number of benzene rings is 2. The van der Waals surface area contributed by atoms with E-state index in [0.29, 0.717) is 34.4 Å². The van der Waals surface area contributed by atoms with Crippen LogP contribution in [-0.2, 0) is 0 Å². The summed E-state index contributed by atoms with van der Waals surface area (Å²) in [5, 5.41) is 9.83. The molecule has 1 atom stereocenters. The van der Waals surface area contributed by atoms with Gasteiger partial charge in [-0.1, -0.05) is 61.7 Å². The number of hydrogen-bond acceptors (Lipinski definition) is 4.